The fourth-order valence-electron chi connectivity index (χ4n) is 1.89. The van der Waals surface area contributed by atoms with E-state index in [-0.39, 0.29) is 0 Å². The van der Waals surface area contributed by atoms with E-state index in [0.717, 1.165) is 5.88 Å². The Morgan fingerprint density at radius 2 is 2.27 bits per heavy atom. The molecule has 0 aromatic carbocycles. The van der Waals surface area contributed by atoms with Gasteiger partial charge in [0.25, 0.3) is 0 Å². The number of hydrogen-bond acceptors (Lipinski definition) is 0. The van der Waals surface area contributed by atoms with Crippen molar-refractivity contribution in [2.45, 2.75) is 39.0 Å². The third-order valence-corrected chi connectivity index (χ3v) is 3.19. The average molecular weight is 173 g/mol. The van der Waals surface area contributed by atoms with Crippen LogP contribution in [0.3, 0.4) is 0 Å². The summed E-state index contributed by atoms with van der Waals surface area (Å²) in [5.74, 6) is 0.838. The minimum absolute atomic E-state index is 0.449. The van der Waals surface area contributed by atoms with Crippen molar-refractivity contribution in [2.75, 3.05) is 5.88 Å². The van der Waals surface area contributed by atoms with Gasteiger partial charge in [-0.1, -0.05) is 25.5 Å². The quantitative estimate of drug-likeness (QED) is 0.449. The van der Waals surface area contributed by atoms with Gasteiger partial charge in [0.2, 0.25) is 0 Å². The Kier molecular flexibility index (Phi) is 3.45. The minimum Gasteiger partial charge on any atom is -0.126 e. The molecule has 11 heavy (non-hydrogen) atoms. The molecule has 1 heteroatoms. The molecule has 0 heterocycles. The first-order valence-corrected chi connectivity index (χ1v) is 5.07. The van der Waals surface area contributed by atoms with Crippen LogP contribution in [0.4, 0.5) is 0 Å². The summed E-state index contributed by atoms with van der Waals surface area (Å²) < 4.78 is 0. The van der Waals surface area contributed by atoms with Crippen LogP contribution in [0, 0.1) is 5.41 Å². The number of halogens is 1. The molecule has 0 aromatic heterocycles. The Hall–Kier alpha value is 0.0300. The molecule has 0 radical (unpaired) electrons. The zero-order chi connectivity index (χ0) is 8.16. The highest BCUT2D eigenvalue weighted by atomic mass is 35.5. The lowest BCUT2D eigenvalue weighted by atomic mass is 9.75. The molecule has 0 bridgehead atoms. The van der Waals surface area contributed by atoms with E-state index in [1.807, 2.05) is 0 Å². The molecule has 1 atom stereocenters. The Morgan fingerprint density at radius 3 is 2.73 bits per heavy atom. The number of hydrogen-bond donors (Lipinski definition) is 0. The molecule has 1 aliphatic rings. The van der Waals surface area contributed by atoms with E-state index in [0.29, 0.717) is 5.41 Å². The van der Waals surface area contributed by atoms with Crippen LogP contribution >= 0.6 is 11.6 Å². The largest absolute Gasteiger partial charge is 0.126 e. The monoisotopic (exact) mass is 172 g/mol. The van der Waals surface area contributed by atoms with Crippen molar-refractivity contribution >= 4 is 11.6 Å². The molecular formula is C10H17Cl. The topological polar surface area (TPSA) is 0 Å². The molecule has 0 spiro atoms. The van der Waals surface area contributed by atoms with Gasteiger partial charge in [-0.25, -0.2) is 0 Å². The number of rotatable bonds is 3. The summed E-state index contributed by atoms with van der Waals surface area (Å²) in [4.78, 5) is 0. The van der Waals surface area contributed by atoms with Crippen molar-refractivity contribution in [2.24, 2.45) is 5.41 Å². The van der Waals surface area contributed by atoms with Gasteiger partial charge in [-0.15, -0.1) is 11.6 Å². The summed E-state index contributed by atoms with van der Waals surface area (Å²) in [5, 5.41) is 0. The molecule has 0 aliphatic heterocycles. The van der Waals surface area contributed by atoms with Crippen LogP contribution in [-0.4, -0.2) is 5.88 Å². The van der Waals surface area contributed by atoms with E-state index in [1.54, 1.807) is 0 Å². The molecule has 0 amide bonds. The molecule has 0 saturated heterocycles. The lowest BCUT2D eigenvalue weighted by Gasteiger charge is -2.32. The molecule has 0 saturated carbocycles. The summed E-state index contributed by atoms with van der Waals surface area (Å²) in [6, 6.07) is 0. The molecule has 1 unspecified atom stereocenters. The Balaban J connectivity index is 2.51. The molecule has 0 nitrogen and oxygen atoms in total. The summed E-state index contributed by atoms with van der Waals surface area (Å²) in [7, 11) is 0. The maximum absolute atomic E-state index is 5.98. The lowest BCUT2D eigenvalue weighted by molar-refractivity contribution is 0.271. The van der Waals surface area contributed by atoms with Gasteiger partial charge >= 0.3 is 0 Å². The lowest BCUT2D eigenvalue weighted by Crippen LogP contribution is -2.23. The predicted molar refractivity (Wildman–Crippen MR) is 51.1 cm³/mol. The summed E-state index contributed by atoms with van der Waals surface area (Å²) in [5.41, 5.74) is 0.449. The average Bonchev–Trinajstić information content (AvgIpc) is 2.07. The second-order valence-corrected chi connectivity index (χ2v) is 3.87. The molecule has 0 fully saturated rings. The van der Waals surface area contributed by atoms with Crippen molar-refractivity contribution in [3.05, 3.63) is 12.2 Å². The van der Waals surface area contributed by atoms with Crippen LogP contribution in [-0.2, 0) is 0 Å². The fourth-order valence-corrected chi connectivity index (χ4v) is 2.26. The summed E-state index contributed by atoms with van der Waals surface area (Å²) >= 11 is 5.98. The van der Waals surface area contributed by atoms with Crippen LogP contribution in [0.5, 0.6) is 0 Å². The van der Waals surface area contributed by atoms with E-state index in [4.69, 9.17) is 11.6 Å². The normalized spacial score (nSPS) is 30.7. The van der Waals surface area contributed by atoms with Crippen LogP contribution in [0.1, 0.15) is 39.0 Å². The second-order valence-electron chi connectivity index (χ2n) is 3.60. The number of allylic oxidation sites excluding steroid dienone is 2. The Labute approximate surface area is 74.6 Å². The van der Waals surface area contributed by atoms with Crippen LogP contribution in [0.15, 0.2) is 12.2 Å². The van der Waals surface area contributed by atoms with E-state index in [9.17, 15) is 0 Å². The van der Waals surface area contributed by atoms with Crippen molar-refractivity contribution in [1.29, 1.82) is 0 Å². The first-order valence-electron chi connectivity index (χ1n) is 4.54. The highest BCUT2D eigenvalue weighted by Gasteiger charge is 2.27. The van der Waals surface area contributed by atoms with Crippen molar-refractivity contribution in [3.63, 3.8) is 0 Å². The van der Waals surface area contributed by atoms with Gasteiger partial charge in [-0.3, -0.25) is 0 Å². The minimum atomic E-state index is 0.449. The maximum atomic E-state index is 5.98. The summed E-state index contributed by atoms with van der Waals surface area (Å²) in [6.07, 6.45) is 10.8. The van der Waals surface area contributed by atoms with E-state index < -0.39 is 0 Å². The number of alkyl halides is 1. The fraction of sp³-hybridized carbons (Fsp3) is 0.800. The molecule has 1 rings (SSSR count). The van der Waals surface area contributed by atoms with Gasteiger partial charge in [0.15, 0.2) is 0 Å². The first kappa shape index (κ1) is 9.12. The van der Waals surface area contributed by atoms with Gasteiger partial charge in [0, 0.05) is 5.88 Å². The molecule has 0 N–H and O–H groups in total. The van der Waals surface area contributed by atoms with E-state index in [1.165, 1.54) is 32.1 Å². The van der Waals surface area contributed by atoms with Gasteiger partial charge in [-0.2, -0.15) is 0 Å². The second kappa shape index (κ2) is 4.15. The highest BCUT2D eigenvalue weighted by Crippen LogP contribution is 2.38. The van der Waals surface area contributed by atoms with Crippen molar-refractivity contribution in [1.82, 2.24) is 0 Å². The smallest absolute Gasteiger partial charge is 0.0283 e. The highest BCUT2D eigenvalue weighted by molar-refractivity contribution is 6.18. The zero-order valence-electron chi connectivity index (χ0n) is 7.28. The van der Waals surface area contributed by atoms with Crippen LogP contribution in [0.2, 0.25) is 0 Å². The van der Waals surface area contributed by atoms with Crippen LogP contribution in [0.25, 0.3) is 0 Å². The zero-order valence-corrected chi connectivity index (χ0v) is 8.03. The van der Waals surface area contributed by atoms with Gasteiger partial charge in [-0.05, 0) is 31.1 Å². The predicted octanol–water partition coefficient (Wildman–Crippen LogP) is 3.75. The van der Waals surface area contributed by atoms with E-state index >= 15 is 0 Å². The molecular weight excluding hydrogens is 156 g/mol. The maximum Gasteiger partial charge on any atom is 0.0283 e. The van der Waals surface area contributed by atoms with Crippen molar-refractivity contribution in [3.8, 4) is 0 Å². The summed E-state index contributed by atoms with van der Waals surface area (Å²) in [6.45, 7) is 2.24. The van der Waals surface area contributed by atoms with Gasteiger partial charge < -0.3 is 0 Å². The van der Waals surface area contributed by atoms with Crippen LogP contribution < -0.4 is 0 Å². The standard InChI is InChI=1S/C10H17Cl/c1-2-6-10(9-11)7-4-3-5-8-10/h3-4H,2,5-9H2,1H3. The van der Waals surface area contributed by atoms with Gasteiger partial charge in [0.1, 0.15) is 0 Å². The SMILES string of the molecule is CCCC1(CCl)CC=CCC1. The van der Waals surface area contributed by atoms with E-state index in [2.05, 4.69) is 19.1 Å². The third kappa shape index (κ3) is 2.23. The molecule has 64 valence electrons. The third-order valence-electron chi connectivity index (χ3n) is 2.62. The Bertz CT molecular complexity index is 140. The molecule has 0 aromatic rings. The van der Waals surface area contributed by atoms with Crippen molar-refractivity contribution < 1.29 is 0 Å². The molecule has 1 aliphatic carbocycles. The first-order chi connectivity index (χ1) is 5.33. The Morgan fingerprint density at radius 1 is 1.45 bits per heavy atom. The van der Waals surface area contributed by atoms with Gasteiger partial charge in [0.05, 0.1) is 0 Å².